The second kappa shape index (κ2) is 5.36. The van der Waals surface area contributed by atoms with Crippen molar-refractivity contribution in [1.82, 2.24) is 0 Å². The fraction of sp³-hybridized carbons (Fsp3) is 0.133. The number of carbonyl (C=O) groups is 1. The summed E-state index contributed by atoms with van der Waals surface area (Å²) in [5.41, 5.74) is 1.78. The summed E-state index contributed by atoms with van der Waals surface area (Å²) in [7, 11) is 0. The van der Waals surface area contributed by atoms with Crippen LogP contribution in [0, 0.1) is 13.8 Å². The van der Waals surface area contributed by atoms with Crippen LogP contribution in [-0.2, 0) is 0 Å². The Morgan fingerprint density at radius 2 is 1.17 bits per heavy atom. The third-order valence-corrected chi connectivity index (χ3v) is 2.57. The van der Waals surface area contributed by atoms with E-state index in [1.54, 1.807) is 12.1 Å². The maximum Gasteiger partial charge on any atom is 0.519 e. The van der Waals surface area contributed by atoms with Crippen LogP contribution in [0.2, 0.25) is 0 Å². The largest absolute Gasteiger partial charge is 0.519 e. The lowest BCUT2D eigenvalue weighted by molar-refractivity contribution is 0.151. The van der Waals surface area contributed by atoms with E-state index in [2.05, 4.69) is 0 Å². The maximum absolute atomic E-state index is 11.6. The molecule has 0 N–H and O–H groups in total. The average molecular weight is 242 g/mol. The number of hydrogen-bond acceptors (Lipinski definition) is 3. The van der Waals surface area contributed by atoms with Gasteiger partial charge in [-0.25, -0.2) is 4.79 Å². The van der Waals surface area contributed by atoms with Crippen molar-refractivity contribution in [1.29, 1.82) is 0 Å². The molecule has 0 unspecified atom stereocenters. The minimum atomic E-state index is -0.724. The van der Waals surface area contributed by atoms with Crippen LogP contribution in [0.4, 0.5) is 4.79 Å². The van der Waals surface area contributed by atoms with Gasteiger partial charge in [0, 0.05) is 0 Å². The molecule has 0 bridgehead atoms. The molecule has 92 valence electrons. The van der Waals surface area contributed by atoms with Crippen LogP contribution in [0.25, 0.3) is 0 Å². The maximum atomic E-state index is 11.6. The number of hydrogen-bond donors (Lipinski definition) is 0. The van der Waals surface area contributed by atoms with E-state index in [4.69, 9.17) is 9.47 Å². The SMILES string of the molecule is Cc1ccccc1OC(=O)Oc1ccccc1C. The number of para-hydroxylation sites is 2. The van der Waals surface area contributed by atoms with Crippen LogP contribution < -0.4 is 9.47 Å². The quantitative estimate of drug-likeness (QED) is 0.592. The molecule has 0 heterocycles. The molecular formula is C15H14O3. The second-order valence-corrected chi connectivity index (χ2v) is 3.99. The van der Waals surface area contributed by atoms with Gasteiger partial charge in [0.05, 0.1) is 0 Å². The van der Waals surface area contributed by atoms with Gasteiger partial charge in [-0.15, -0.1) is 0 Å². The Hall–Kier alpha value is -2.29. The predicted octanol–water partition coefficient (Wildman–Crippen LogP) is 3.88. The minimum Gasteiger partial charge on any atom is -0.394 e. The molecule has 0 aliphatic carbocycles. The van der Waals surface area contributed by atoms with Gasteiger partial charge in [-0.05, 0) is 37.1 Å². The number of rotatable bonds is 2. The van der Waals surface area contributed by atoms with Crippen LogP contribution >= 0.6 is 0 Å². The van der Waals surface area contributed by atoms with Crippen molar-refractivity contribution in [3.8, 4) is 11.5 Å². The first kappa shape index (κ1) is 12.2. The third-order valence-electron chi connectivity index (χ3n) is 2.57. The van der Waals surface area contributed by atoms with E-state index in [0.29, 0.717) is 11.5 Å². The normalized spacial score (nSPS) is 9.89. The third kappa shape index (κ3) is 2.88. The fourth-order valence-electron chi connectivity index (χ4n) is 1.54. The van der Waals surface area contributed by atoms with E-state index in [1.165, 1.54) is 0 Å². The van der Waals surface area contributed by atoms with E-state index in [0.717, 1.165) is 11.1 Å². The topological polar surface area (TPSA) is 35.5 Å². The molecule has 3 heteroatoms. The molecule has 2 aromatic rings. The van der Waals surface area contributed by atoms with Gasteiger partial charge in [-0.1, -0.05) is 36.4 Å². The summed E-state index contributed by atoms with van der Waals surface area (Å²) in [5.74, 6) is 1.02. The van der Waals surface area contributed by atoms with E-state index < -0.39 is 6.16 Å². The van der Waals surface area contributed by atoms with Gasteiger partial charge in [0.2, 0.25) is 0 Å². The highest BCUT2D eigenvalue weighted by Gasteiger charge is 2.10. The summed E-state index contributed by atoms with van der Waals surface area (Å²) < 4.78 is 10.3. The van der Waals surface area contributed by atoms with Gasteiger partial charge in [0.25, 0.3) is 0 Å². The van der Waals surface area contributed by atoms with Crippen molar-refractivity contribution in [2.75, 3.05) is 0 Å². The Morgan fingerprint density at radius 3 is 1.56 bits per heavy atom. The van der Waals surface area contributed by atoms with Crippen molar-refractivity contribution >= 4 is 6.16 Å². The molecule has 0 atom stereocenters. The Kier molecular flexibility index (Phi) is 3.63. The Morgan fingerprint density at radius 1 is 0.778 bits per heavy atom. The van der Waals surface area contributed by atoms with Crippen molar-refractivity contribution in [3.63, 3.8) is 0 Å². The van der Waals surface area contributed by atoms with Crippen molar-refractivity contribution in [2.45, 2.75) is 13.8 Å². The van der Waals surface area contributed by atoms with E-state index in [-0.39, 0.29) is 0 Å². The predicted molar refractivity (Wildman–Crippen MR) is 69.0 cm³/mol. The van der Waals surface area contributed by atoms with Crippen LogP contribution in [0.3, 0.4) is 0 Å². The van der Waals surface area contributed by atoms with E-state index in [9.17, 15) is 4.79 Å². The molecule has 0 aliphatic rings. The smallest absolute Gasteiger partial charge is 0.394 e. The first-order valence-electron chi connectivity index (χ1n) is 5.68. The van der Waals surface area contributed by atoms with Crippen molar-refractivity contribution < 1.29 is 14.3 Å². The molecule has 0 fully saturated rings. The van der Waals surface area contributed by atoms with Crippen molar-refractivity contribution in [2.24, 2.45) is 0 Å². The molecule has 0 saturated heterocycles. The zero-order valence-corrected chi connectivity index (χ0v) is 10.3. The highest BCUT2D eigenvalue weighted by molar-refractivity contribution is 5.68. The van der Waals surface area contributed by atoms with Gasteiger partial charge in [0.1, 0.15) is 11.5 Å². The standard InChI is InChI=1S/C15H14O3/c1-11-7-3-5-9-13(11)17-15(16)18-14-10-6-4-8-12(14)2/h3-10H,1-2H3. The molecule has 0 spiro atoms. The lowest BCUT2D eigenvalue weighted by atomic mass is 10.2. The monoisotopic (exact) mass is 242 g/mol. The highest BCUT2D eigenvalue weighted by Crippen LogP contribution is 2.20. The summed E-state index contributed by atoms with van der Waals surface area (Å²) in [6.45, 7) is 3.74. The van der Waals surface area contributed by atoms with Crippen LogP contribution in [0.5, 0.6) is 11.5 Å². The number of benzene rings is 2. The first-order chi connectivity index (χ1) is 8.66. The highest BCUT2D eigenvalue weighted by atomic mass is 16.7. The number of carbonyl (C=O) groups excluding carboxylic acids is 1. The van der Waals surface area contributed by atoms with E-state index in [1.807, 2.05) is 50.2 Å². The summed E-state index contributed by atoms with van der Waals surface area (Å²) in [6, 6.07) is 14.6. The zero-order valence-electron chi connectivity index (χ0n) is 10.3. The second-order valence-electron chi connectivity index (χ2n) is 3.99. The lowest BCUT2D eigenvalue weighted by Gasteiger charge is -2.08. The molecular weight excluding hydrogens is 228 g/mol. The average Bonchev–Trinajstić information content (AvgIpc) is 2.35. The lowest BCUT2D eigenvalue weighted by Crippen LogP contribution is -2.14. The molecule has 2 aromatic carbocycles. The van der Waals surface area contributed by atoms with Crippen LogP contribution in [0.1, 0.15) is 11.1 Å². The van der Waals surface area contributed by atoms with Crippen molar-refractivity contribution in [3.05, 3.63) is 59.7 Å². The molecule has 0 saturated carbocycles. The molecule has 0 aliphatic heterocycles. The molecule has 18 heavy (non-hydrogen) atoms. The van der Waals surface area contributed by atoms with Gasteiger partial charge in [-0.3, -0.25) is 0 Å². The Balaban J connectivity index is 2.06. The molecule has 0 amide bonds. The van der Waals surface area contributed by atoms with Gasteiger partial charge >= 0.3 is 6.16 Å². The number of aryl methyl sites for hydroxylation is 2. The summed E-state index contributed by atoms with van der Waals surface area (Å²) in [5, 5.41) is 0. The first-order valence-corrected chi connectivity index (χ1v) is 5.68. The van der Waals surface area contributed by atoms with E-state index >= 15 is 0 Å². The van der Waals surface area contributed by atoms with Gasteiger partial charge in [0.15, 0.2) is 0 Å². The van der Waals surface area contributed by atoms with Crippen LogP contribution in [-0.4, -0.2) is 6.16 Å². The fourth-order valence-corrected chi connectivity index (χ4v) is 1.54. The van der Waals surface area contributed by atoms with Gasteiger partial charge < -0.3 is 9.47 Å². The molecule has 0 aromatic heterocycles. The molecule has 2 rings (SSSR count). The summed E-state index contributed by atoms with van der Waals surface area (Å²) in [6.07, 6.45) is -0.724. The molecule has 0 radical (unpaired) electrons. The molecule has 3 nitrogen and oxygen atoms in total. The zero-order chi connectivity index (χ0) is 13.0. The summed E-state index contributed by atoms with van der Waals surface area (Å²) >= 11 is 0. The van der Waals surface area contributed by atoms with Gasteiger partial charge in [-0.2, -0.15) is 0 Å². The Bertz CT molecular complexity index is 512. The number of ether oxygens (including phenoxy) is 2. The Labute approximate surface area is 106 Å². The summed E-state index contributed by atoms with van der Waals surface area (Å²) in [4.78, 5) is 11.6. The van der Waals surface area contributed by atoms with Crippen LogP contribution in [0.15, 0.2) is 48.5 Å². The minimum absolute atomic E-state index is 0.510.